The van der Waals surface area contributed by atoms with Gasteiger partial charge in [-0.15, -0.1) is 0 Å². The molecule has 0 saturated carbocycles. The van der Waals surface area contributed by atoms with Gasteiger partial charge in [-0.25, -0.2) is 0 Å². The van der Waals surface area contributed by atoms with Gasteiger partial charge < -0.3 is 10.2 Å². The molecule has 6 nitrogen and oxygen atoms in total. The van der Waals surface area contributed by atoms with E-state index >= 15 is 0 Å². The lowest BCUT2D eigenvalue weighted by atomic mass is 9.77. The van der Waals surface area contributed by atoms with Gasteiger partial charge >= 0.3 is 0 Å². The van der Waals surface area contributed by atoms with Crippen molar-refractivity contribution >= 4 is 0 Å². The van der Waals surface area contributed by atoms with Crippen LogP contribution in [0.2, 0.25) is 0 Å². The molecule has 0 amide bonds. The number of benzene rings is 2. The van der Waals surface area contributed by atoms with E-state index in [0.29, 0.717) is 11.5 Å². The summed E-state index contributed by atoms with van der Waals surface area (Å²) in [5.74, 6) is 0.796. The number of aromatic hydroxyl groups is 2. The fraction of sp³-hybridized carbons (Fsp3) is 0.500. The number of hydrogen-bond donors (Lipinski definition) is 2. The molecule has 1 aliphatic heterocycles. The molecule has 6 heteroatoms. The zero-order chi connectivity index (χ0) is 36.8. The van der Waals surface area contributed by atoms with Crippen molar-refractivity contribution in [3.8, 4) is 11.5 Å². The van der Waals surface area contributed by atoms with Crippen LogP contribution >= 0.6 is 0 Å². The maximum atomic E-state index is 11.6. The Balaban J connectivity index is 1.58. The summed E-state index contributed by atoms with van der Waals surface area (Å²) in [6.45, 7) is 29.4. The van der Waals surface area contributed by atoms with Gasteiger partial charge in [0.25, 0.3) is 0 Å². The molecule has 0 aliphatic carbocycles. The fourth-order valence-electron chi connectivity index (χ4n) is 7.38. The summed E-state index contributed by atoms with van der Waals surface area (Å²) >= 11 is 0. The molecule has 5 rings (SSSR count). The maximum absolute atomic E-state index is 11.6. The predicted molar refractivity (Wildman–Crippen MR) is 206 cm³/mol. The van der Waals surface area contributed by atoms with Crippen molar-refractivity contribution in [2.75, 3.05) is 26.2 Å². The largest absolute Gasteiger partial charge is 0.507 e. The van der Waals surface area contributed by atoms with Crippen molar-refractivity contribution in [1.29, 1.82) is 0 Å². The van der Waals surface area contributed by atoms with Gasteiger partial charge in [-0.2, -0.15) is 0 Å². The molecule has 2 atom stereocenters. The lowest BCUT2D eigenvalue weighted by Gasteiger charge is -2.43. The Hall–Kier alpha value is -3.74. The summed E-state index contributed by atoms with van der Waals surface area (Å²) in [5.41, 5.74) is 7.28. The first-order valence-electron chi connectivity index (χ1n) is 18.2. The highest BCUT2D eigenvalue weighted by Gasteiger charge is 2.36. The molecule has 2 aromatic carbocycles. The van der Waals surface area contributed by atoms with Crippen LogP contribution in [0.15, 0.2) is 73.1 Å². The van der Waals surface area contributed by atoms with E-state index in [1.54, 1.807) is 0 Å². The van der Waals surface area contributed by atoms with E-state index in [2.05, 4.69) is 141 Å². The molecule has 0 bridgehead atoms. The quantitative estimate of drug-likeness (QED) is 0.212. The monoisotopic (exact) mass is 676 g/mol. The molecule has 50 heavy (non-hydrogen) atoms. The first kappa shape index (κ1) is 37.5. The molecule has 3 heterocycles. The third-order valence-electron chi connectivity index (χ3n) is 10.1. The minimum Gasteiger partial charge on any atom is -0.507 e. The summed E-state index contributed by atoms with van der Waals surface area (Å²) in [7, 11) is 0. The molecule has 4 aromatic rings. The van der Waals surface area contributed by atoms with Crippen LogP contribution in [0.4, 0.5) is 0 Å². The van der Waals surface area contributed by atoms with E-state index in [-0.39, 0.29) is 33.7 Å². The van der Waals surface area contributed by atoms with Crippen molar-refractivity contribution in [3.05, 3.63) is 118 Å². The van der Waals surface area contributed by atoms with Gasteiger partial charge in [-0.1, -0.05) is 95.2 Å². The number of nitrogens with zero attached hydrogens (tertiary/aromatic N) is 4. The minimum absolute atomic E-state index is 0.0666. The number of phenolic OH excluding ortho intramolecular Hbond substituents is 2. The molecule has 0 radical (unpaired) electrons. The summed E-state index contributed by atoms with van der Waals surface area (Å²) in [5, 5.41) is 23.1. The van der Waals surface area contributed by atoms with Crippen LogP contribution in [-0.2, 0) is 21.7 Å². The Morgan fingerprint density at radius 2 is 0.760 bits per heavy atom. The average molecular weight is 677 g/mol. The molecule has 1 fully saturated rings. The molecule has 2 N–H and O–H groups in total. The van der Waals surface area contributed by atoms with Gasteiger partial charge in [0.1, 0.15) is 11.5 Å². The number of rotatable bonds is 6. The number of aromatic nitrogens is 2. The van der Waals surface area contributed by atoms with E-state index in [9.17, 15) is 10.2 Å². The lowest BCUT2D eigenvalue weighted by Crippen LogP contribution is -2.49. The van der Waals surface area contributed by atoms with Crippen molar-refractivity contribution in [2.45, 2.75) is 117 Å². The first-order valence-corrected chi connectivity index (χ1v) is 18.2. The fourth-order valence-corrected chi connectivity index (χ4v) is 7.38. The van der Waals surface area contributed by atoms with Crippen LogP contribution in [0.3, 0.4) is 0 Å². The molecule has 268 valence electrons. The number of hydrogen-bond acceptors (Lipinski definition) is 6. The van der Waals surface area contributed by atoms with E-state index in [0.717, 1.165) is 70.9 Å². The molecular weight excluding hydrogens is 617 g/mol. The van der Waals surface area contributed by atoms with E-state index in [4.69, 9.17) is 9.97 Å². The van der Waals surface area contributed by atoms with Crippen LogP contribution in [0.5, 0.6) is 11.5 Å². The molecule has 0 spiro atoms. The highest BCUT2D eigenvalue weighted by atomic mass is 16.3. The Labute approximate surface area is 301 Å². The summed E-state index contributed by atoms with van der Waals surface area (Å²) in [6.07, 6.45) is 3.77. The Bertz CT molecular complexity index is 1560. The van der Waals surface area contributed by atoms with E-state index < -0.39 is 0 Å². The van der Waals surface area contributed by atoms with Crippen LogP contribution in [0.1, 0.15) is 140 Å². The standard InChI is InChI=1S/C44H60N4O2/c1-41(2,3)31-25-29(26-32(39(31)49)42(4,5)6)37(35-17-13-15-19-45-35)47-21-23-48(24-22-47)38(36-18-14-16-20-46-36)30-27-33(43(7,8)9)40(50)34(28-30)44(10,11)12/h13-20,25-28,37-38,49-50H,21-24H2,1-12H3. The number of phenols is 2. The van der Waals surface area contributed by atoms with Crippen LogP contribution in [0.25, 0.3) is 0 Å². The van der Waals surface area contributed by atoms with E-state index in [1.807, 2.05) is 24.5 Å². The Kier molecular flexibility index (Phi) is 10.3. The number of pyridine rings is 2. The normalized spacial score (nSPS) is 16.7. The minimum atomic E-state index is -0.231. The molecule has 2 unspecified atom stereocenters. The third-order valence-corrected chi connectivity index (χ3v) is 10.1. The molecule has 1 saturated heterocycles. The smallest absolute Gasteiger partial charge is 0.123 e. The van der Waals surface area contributed by atoms with Gasteiger partial charge in [0, 0.05) is 38.6 Å². The van der Waals surface area contributed by atoms with Crippen molar-refractivity contribution in [2.24, 2.45) is 0 Å². The van der Waals surface area contributed by atoms with Crippen molar-refractivity contribution in [1.82, 2.24) is 19.8 Å². The number of piperazine rings is 1. The third kappa shape index (κ3) is 7.92. The second kappa shape index (κ2) is 13.8. The highest BCUT2D eigenvalue weighted by Crippen LogP contribution is 2.45. The molecule has 2 aromatic heterocycles. The second-order valence-corrected chi connectivity index (χ2v) is 18.3. The average Bonchev–Trinajstić information content (AvgIpc) is 3.02. The van der Waals surface area contributed by atoms with Crippen LogP contribution < -0.4 is 0 Å². The lowest BCUT2D eigenvalue weighted by molar-refractivity contribution is 0.0874. The Morgan fingerprint density at radius 1 is 0.480 bits per heavy atom. The maximum Gasteiger partial charge on any atom is 0.123 e. The Morgan fingerprint density at radius 3 is 0.980 bits per heavy atom. The summed E-state index contributed by atoms with van der Waals surface area (Å²) in [4.78, 5) is 14.9. The summed E-state index contributed by atoms with van der Waals surface area (Å²) in [6, 6.07) is 21.1. The predicted octanol–water partition coefficient (Wildman–Crippen LogP) is 9.57. The first-order chi connectivity index (χ1) is 23.2. The second-order valence-electron chi connectivity index (χ2n) is 18.3. The van der Waals surface area contributed by atoms with E-state index in [1.165, 1.54) is 0 Å². The molecular formula is C44H60N4O2. The van der Waals surface area contributed by atoms with Crippen molar-refractivity contribution in [3.63, 3.8) is 0 Å². The van der Waals surface area contributed by atoms with Crippen LogP contribution in [-0.4, -0.2) is 56.2 Å². The SMILES string of the molecule is CC(C)(C)c1cc(C(c2ccccn2)N2CCN(C(c3cc(C(C)(C)C)c(O)c(C(C)(C)C)c3)c3ccccn3)CC2)cc(C(C)(C)C)c1O. The summed E-state index contributed by atoms with van der Waals surface area (Å²) < 4.78 is 0. The molecule has 1 aliphatic rings. The topological polar surface area (TPSA) is 72.7 Å². The van der Waals surface area contributed by atoms with Gasteiger partial charge in [-0.05, 0) is 104 Å². The van der Waals surface area contributed by atoms with Gasteiger partial charge in [0.15, 0.2) is 0 Å². The zero-order valence-electron chi connectivity index (χ0n) is 32.6. The van der Waals surface area contributed by atoms with Gasteiger partial charge in [0.05, 0.1) is 23.5 Å². The zero-order valence-corrected chi connectivity index (χ0v) is 32.6. The van der Waals surface area contributed by atoms with Crippen LogP contribution in [0, 0.1) is 0 Å². The van der Waals surface area contributed by atoms with Gasteiger partial charge in [0.2, 0.25) is 0 Å². The van der Waals surface area contributed by atoms with Crippen molar-refractivity contribution < 1.29 is 10.2 Å². The van der Waals surface area contributed by atoms with Gasteiger partial charge in [-0.3, -0.25) is 19.8 Å². The highest BCUT2D eigenvalue weighted by molar-refractivity contribution is 5.53.